The van der Waals surface area contributed by atoms with Crippen LogP contribution in [0.2, 0.25) is 15.1 Å². The summed E-state index contributed by atoms with van der Waals surface area (Å²) in [6.07, 6.45) is 0.924. The maximum Gasteiger partial charge on any atom is 0.309 e. The average Bonchev–Trinajstić information content (AvgIpc) is 2.76. The molecule has 0 bridgehead atoms. The van der Waals surface area contributed by atoms with Crippen LogP contribution in [-0.4, -0.2) is 22.4 Å². The largest absolute Gasteiger partial charge is 0.313 e. The number of hydrogen-bond donors (Lipinski definition) is 1. The molecule has 4 nitrogen and oxygen atoms in total. The number of halogens is 3. The molecule has 162 valence electrons. The summed E-state index contributed by atoms with van der Waals surface area (Å²) in [4.78, 5) is 0. The Balaban J connectivity index is 1.64. The third-order valence-electron chi connectivity index (χ3n) is 5.27. The summed E-state index contributed by atoms with van der Waals surface area (Å²) < 4.78 is 18.6. The Morgan fingerprint density at radius 1 is 0.677 bits per heavy atom. The number of benzene rings is 3. The molecule has 8 heteroatoms. The molecule has 1 aliphatic rings. The summed E-state index contributed by atoms with van der Waals surface area (Å²) in [5, 5.41) is 5.36. The third-order valence-corrected chi connectivity index (χ3v) is 8.80. The lowest BCUT2D eigenvalue weighted by Gasteiger charge is -2.43. The van der Waals surface area contributed by atoms with Crippen molar-refractivity contribution in [1.29, 1.82) is 0 Å². The van der Waals surface area contributed by atoms with E-state index in [-0.39, 0.29) is 0 Å². The minimum atomic E-state index is -3.12. The maximum atomic E-state index is 14.5. The fraction of sp³-hybridized carbons (Fsp3) is 0.217. The zero-order chi connectivity index (χ0) is 21.8. The van der Waals surface area contributed by atoms with Gasteiger partial charge in [-0.25, -0.2) is 9.34 Å². The first-order valence-corrected chi connectivity index (χ1v) is 12.8. The fourth-order valence-electron chi connectivity index (χ4n) is 3.67. The number of anilines is 1. The van der Waals surface area contributed by atoms with Crippen LogP contribution in [0.4, 0.5) is 5.69 Å². The summed E-state index contributed by atoms with van der Waals surface area (Å²) in [5.74, 6) is 0. The minimum absolute atomic E-state index is 0.562. The van der Waals surface area contributed by atoms with Gasteiger partial charge in [0.05, 0.1) is 0 Å². The lowest BCUT2D eigenvalue weighted by molar-refractivity contribution is 0.273. The first kappa shape index (κ1) is 22.7. The van der Waals surface area contributed by atoms with E-state index in [1.807, 2.05) is 70.0 Å². The Labute approximate surface area is 198 Å². The lowest BCUT2D eigenvalue weighted by atomic mass is 10.2. The van der Waals surface area contributed by atoms with Crippen molar-refractivity contribution in [3.05, 3.63) is 99.0 Å². The first-order valence-electron chi connectivity index (χ1n) is 10.1. The number of nitrogens with zero attached hydrogens (tertiary/aromatic N) is 2. The van der Waals surface area contributed by atoms with Gasteiger partial charge in [0.2, 0.25) is 0 Å². The molecule has 1 fully saturated rings. The van der Waals surface area contributed by atoms with E-state index in [9.17, 15) is 4.57 Å². The van der Waals surface area contributed by atoms with Gasteiger partial charge in [-0.15, -0.1) is 0 Å². The molecule has 0 aliphatic carbocycles. The average molecular weight is 495 g/mol. The van der Waals surface area contributed by atoms with E-state index in [0.717, 1.165) is 36.3 Å². The van der Waals surface area contributed by atoms with E-state index in [0.29, 0.717) is 28.2 Å². The van der Waals surface area contributed by atoms with Gasteiger partial charge in [0.1, 0.15) is 0 Å². The molecular weight excluding hydrogens is 472 g/mol. The Morgan fingerprint density at radius 3 is 1.48 bits per heavy atom. The van der Waals surface area contributed by atoms with Gasteiger partial charge in [0.15, 0.2) is 0 Å². The quantitative estimate of drug-likeness (QED) is 0.358. The molecule has 0 atom stereocenters. The van der Waals surface area contributed by atoms with Gasteiger partial charge in [-0.3, -0.25) is 4.57 Å². The van der Waals surface area contributed by atoms with Crippen molar-refractivity contribution >= 4 is 48.1 Å². The van der Waals surface area contributed by atoms with Gasteiger partial charge in [0.25, 0.3) is 0 Å². The molecule has 0 saturated carbocycles. The summed E-state index contributed by atoms with van der Waals surface area (Å²) in [6, 6.07) is 22.7. The first-order chi connectivity index (χ1) is 14.9. The second-order valence-electron chi connectivity index (χ2n) is 7.55. The van der Waals surface area contributed by atoms with Crippen molar-refractivity contribution in [1.82, 2.24) is 9.34 Å². The zero-order valence-corrected chi connectivity index (χ0v) is 20.0. The van der Waals surface area contributed by atoms with Crippen LogP contribution in [0.25, 0.3) is 0 Å². The van der Waals surface area contributed by atoms with Gasteiger partial charge < -0.3 is 5.09 Å². The van der Waals surface area contributed by atoms with Crippen LogP contribution in [0, 0.1) is 0 Å². The predicted octanol–water partition coefficient (Wildman–Crippen LogP) is 7.57. The van der Waals surface area contributed by atoms with E-state index in [4.69, 9.17) is 34.8 Å². The van der Waals surface area contributed by atoms with Crippen molar-refractivity contribution in [3.63, 3.8) is 0 Å². The highest BCUT2D eigenvalue weighted by molar-refractivity contribution is 7.60. The van der Waals surface area contributed by atoms with Crippen LogP contribution in [0.15, 0.2) is 72.8 Å². The van der Waals surface area contributed by atoms with Gasteiger partial charge in [-0.1, -0.05) is 59.1 Å². The molecule has 0 spiro atoms. The van der Waals surface area contributed by atoms with Gasteiger partial charge in [-0.2, -0.15) is 0 Å². The van der Waals surface area contributed by atoms with Crippen LogP contribution < -0.4 is 5.09 Å². The Kier molecular flexibility index (Phi) is 7.28. The second kappa shape index (κ2) is 9.95. The van der Waals surface area contributed by atoms with Crippen LogP contribution in [0.3, 0.4) is 0 Å². The minimum Gasteiger partial charge on any atom is -0.313 e. The SMILES string of the molecule is O=P1(Nc2ccc(Cl)cc2)N(Cc2ccc(Cl)cc2)CCCN1Cc1ccc(Cl)cc1. The van der Waals surface area contributed by atoms with Crippen molar-refractivity contribution < 1.29 is 4.57 Å². The summed E-state index contributed by atoms with van der Waals surface area (Å²) in [5.41, 5.74) is 2.91. The molecular formula is C23H23Cl3N3OP. The number of nitrogens with one attached hydrogen (secondary N) is 1. The molecule has 0 aromatic heterocycles. The molecule has 3 aromatic rings. The fourth-order valence-corrected chi connectivity index (χ4v) is 6.71. The van der Waals surface area contributed by atoms with E-state index >= 15 is 0 Å². The molecule has 1 heterocycles. The van der Waals surface area contributed by atoms with Crippen LogP contribution in [0.1, 0.15) is 17.5 Å². The molecule has 3 aromatic carbocycles. The summed E-state index contributed by atoms with van der Waals surface area (Å²) in [7, 11) is -3.12. The third kappa shape index (κ3) is 5.64. The van der Waals surface area contributed by atoms with E-state index in [1.54, 1.807) is 12.1 Å². The van der Waals surface area contributed by atoms with Crippen LogP contribution >= 0.6 is 42.4 Å². The lowest BCUT2D eigenvalue weighted by Crippen LogP contribution is -2.41. The monoisotopic (exact) mass is 493 g/mol. The predicted molar refractivity (Wildman–Crippen MR) is 131 cm³/mol. The molecule has 0 radical (unpaired) electrons. The molecule has 0 unspecified atom stereocenters. The zero-order valence-electron chi connectivity index (χ0n) is 16.8. The molecule has 1 aliphatic heterocycles. The van der Waals surface area contributed by atoms with Crippen molar-refractivity contribution in [2.45, 2.75) is 19.5 Å². The Morgan fingerprint density at radius 2 is 1.06 bits per heavy atom. The van der Waals surface area contributed by atoms with Crippen LogP contribution in [-0.2, 0) is 17.7 Å². The number of rotatable bonds is 6. The maximum absolute atomic E-state index is 14.5. The van der Waals surface area contributed by atoms with E-state index in [2.05, 4.69) is 5.09 Å². The van der Waals surface area contributed by atoms with Gasteiger partial charge in [-0.05, 0) is 66.1 Å². The van der Waals surface area contributed by atoms with Gasteiger partial charge >= 0.3 is 7.59 Å². The summed E-state index contributed by atoms with van der Waals surface area (Å²) in [6.45, 7) is 2.59. The van der Waals surface area contributed by atoms with Gasteiger partial charge in [0, 0.05) is 46.9 Å². The second-order valence-corrected chi connectivity index (χ2v) is 11.3. The standard InChI is InChI=1S/C23H23Cl3N3OP/c24-20-6-2-18(3-7-20)16-28-14-1-15-29(17-19-4-8-21(25)9-5-19)31(28,30)27-23-12-10-22(26)11-13-23/h2-13H,1,14-17H2,(H,27,30). The highest BCUT2D eigenvalue weighted by atomic mass is 35.5. The van der Waals surface area contributed by atoms with E-state index in [1.165, 1.54) is 0 Å². The highest BCUT2D eigenvalue weighted by Crippen LogP contribution is 2.56. The van der Waals surface area contributed by atoms with Crippen molar-refractivity contribution in [2.24, 2.45) is 0 Å². The van der Waals surface area contributed by atoms with Crippen LogP contribution in [0.5, 0.6) is 0 Å². The molecule has 1 saturated heterocycles. The summed E-state index contributed by atoms with van der Waals surface area (Å²) >= 11 is 18.1. The Bertz CT molecular complexity index is 999. The molecule has 4 rings (SSSR count). The number of hydrogen-bond acceptors (Lipinski definition) is 1. The molecule has 1 N–H and O–H groups in total. The van der Waals surface area contributed by atoms with Crippen molar-refractivity contribution in [3.8, 4) is 0 Å². The molecule has 31 heavy (non-hydrogen) atoms. The normalized spacial score (nSPS) is 16.9. The molecule has 0 amide bonds. The van der Waals surface area contributed by atoms with Crippen molar-refractivity contribution in [2.75, 3.05) is 18.2 Å². The van der Waals surface area contributed by atoms with E-state index < -0.39 is 7.59 Å². The topological polar surface area (TPSA) is 35.6 Å². The smallest absolute Gasteiger partial charge is 0.309 e. The Hall–Kier alpha value is -1.52. The highest BCUT2D eigenvalue weighted by Gasteiger charge is 2.40.